The Balaban J connectivity index is 2.26. The molecule has 0 aliphatic carbocycles. The molecule has 0 radical (unpaired) electrons. The topological polar surface area (TPSA) is 36.4 Å². The zero-order valence-corrected chi connectivity index (χ0v) is 10.4. The summed E-state index contributed by atoms with van der Waals surface area (Å²) in [6.45, 7) is 4.83. The number of thiocarbonyl (C=S) groups is 1. The van der Waals surface area contributed by atoms with Gasteiger partial charge in [0.2, 0.25) is 0 Å². The zero-order valence-electron chi connectivity index (χ0n) is 9.60. The third kappa shape index (κ3) is 5.46. The molecule has 0 bridgehead atoms. The van der Waals surface area contributed by atoms with Crippen LogP contribution >= 0.6 is 12.2 Å². The Labute approximate surface area is 102 Å². The van der Waals surface area contributed by atoms with E-state index in [1.54, 1.807) is 0 Å². The lowest BCUT2D eigenvalue weighted by molar-refractivity contribution is 0.848. The van der Waals surface area contributed by atoms with Crippen molar-refractivity contribution < 1.29 is 0 Å². The third-order valence-corrected chi connectivity index (χ3v) is 2.07. The van der Waals surface area contributed by atoms with Crippen molar-refractivity contribution in [3.63, 3.8) is 0 Å². The molecule has 0 aromatic heterocycles. The van der Waals surface area contributed by atoms with Crippen LogP contribution in [0.25, 0.3) is 0 Å². The minimum atomic E-state index is 0.421. The molecule has 0 fully saturated rings. The number of rotatable bonds is 4. The number of nitrogens with one attached hydrogen (secondary N) is 2. The van der Waals surface area contributed by atoms with Gasteiger partial charge in [0.1, 0.15) is 0 Å². The van der Waals surface area contributed by atoms with Crippen molar-refractivity contribution in [2.45, 2.75) is 20.4 Å². The first-order chi connectivity index (χ1) is 7.68. The molecule has 0 amide bonds. The van der Waals surface area contributed by atoms with Crippen LogP contribution in [-0.4, -0.2) is 11.3 Å². The molecule has 86 valence electrons. The van der Waals surface area contributed by atoms with Gasteiger partial charge in [0, 0.05) is 12.8 Å². The second kappa shape index (κ2) is 6.95. The van der Waals surface area contributed by atoms with E-state index in [2.05, 4.69) is 29.7 Å². The molecule has 0 aliphatic rings. The van der Waals surface area contributed by atoms with Crippen LogP contribution in [0.1, 0.15) is 19.4 Å². The fourth-order valence-corrected chi connectivity index (χ4v) is 1.19. The fraction of sp³-hybridized carbons (Fsp3) is 0.333. The Morgan fingerprint density at radius 3 is 2.69 bits per heavy atom. The lowest BCUT2D eigenvalue weighted by atomic mass is 10.2. The zero-order chi connectivity index (χ0) is 11.8. The number of benzene rings is 1. The smallest absolute Gasteiger partial charge is 0.187 e. The van der Waals surface area contributed by atoms with Gasteiger partial charge in [-0.05, 0) is 23.7 Å². The van der Waals surface area contributed by atoms with E-state index in [0.29, 0.717) is 17.6 Å². The van der Waals surface area contributed by atoms with E-state index in [0.717, 1.165) is 0 Å². The second-order valence-corrected chi connectivity index (χ2v) is 4.21. The monoisotopic (exact) mass is 235 g/mol. The van der Waals surface area contributed by atoms with Crippen LogP contribution in [0.15, 0.2) is 35.4 Å². The maximum atomic E-state index is 5.07. The maximum absolute atomic E-state index is 5.07. The molecule has 0 atom stereocenters. The summed E-state index contributed by atoms with van der Waals surface area (Å²) in [5.41, 5.74) is 3.97. The van der Waals surface area contributed by atoms with Crippen molar-refractivity contribution in [2.75, 3.05) is 0 Å². The summed E-state index contributed by atoms with van der Waals surface area (Å²) in [4.78, 5) is 0. The molecule has 0 spiro atoms. The molecule has 0 heterocycles. The highest BCUT2D eigenvalue weighted by Gasteiger charge is 1.94. The van der Waals surface area contributed by atoms with Gasteiger partial charge in [-0.25, -0.2) is 0 Å². The molecule has 1 rings (SSSR count). The lowest BCUT2D eigenvalue weighted by Crippen LogP contribution is -2.31. The summed E-state index contributed by atoms with van der Waals surface area (Å²) >= 11 is 5.07. The number of nitrogens with zero attached hydrogens (tertiary/aromatic N) is 1. The van der Waals surface area contributed by atoms with Crippen LogP contribution in [0.2, 0.25) is 0 Å². The van der Waals surface area contributed by atoms with E-state index in [1.165, 1.54) is 5.56 Å². The van der Waals surface area contributed by atoms with Gasteiger partial charge in [0.15, 0.2) is 5.11 Å². The number of hydrogen-bond donors (Lipinski definition) is 2. The van der Waals surface area contributed by atoms with Crippen molar-refractivity contribution in [1.29, 1.82) is 0 Å². The Morgan fingerprint density at radius 2 is 2.06 bits per heavy atom. The number of hydrogen-bond acceptors (Lipinski definition) is 2. The van der Waals surface area contributed by atoms with Crippen molar-refractivity contribution in [3.8, 4) is 0 Å². The molecule has 16 heavy (non-hydrogen) atoms. The minimum Gasteiger partial charge on any atom is -0.357 e. The molecular formula is C12H17N3S. The molecule has 3 nitrogen and oxygen atoms in total. The fourth-order valence-electron chi connectivity index (χ4n) is 1.06. The van der Waals surface area contributed by atoms with Crippen LogP contribution in [0, 0.1) is 5.92 Å². The van der Waals surface area contributed by atoms with Gasteiger partial charge in [-0.2, -0.15) is 5.10 Å². The molecular weight excluding hydrogens is 218 g/mol. The molecule has 0 aliphatic heterocycles. The van der Waals surface area contributed by atoms with Crippen molar-refractivity contribution in [2.24, 2.45) is 11.0 Å². The van der Waals surface area contributed by atoms with Crippen LogP contribution in [-0.2, 0) is 6.54 Å². The Kier molecular flexibility index (Phi) is 5.50. The average molecular weight is 235 g/mol. The predicted octanol–water partition coefficient (Wildman–Crippen LogP) is 2.29. The lowest BCUT2D eigenvalue weighted by Gasteiger charge is -2.06. The van der Waals surface area contributed by atoms with Crippen LogP contribution in [0.3, 0.4) is 0 Å². The minimum absolute atomic E-state index is 0.421. The Hall–Kier alpha value is -1.42. The van der Waals surface area contributed by atoms with Crippen molar-refractivity contribution >= 4 is 23.5 Å². The summed E-state index contributed by atoms with van der Waals surface area (Å²) < 4.78 is 0. The molecule has 2 N–H and O–H groups in total. The van der Waals surface area contributed by atoms with Crippen molar-refractivity contribution in [1.82, 2.24) is 10.7 Å². The SMILES string of the molecule is CC(C)C=NNC(=S)NCc1ccccc1. The Morgan fingerprint density at radius 1 is 1.38 bits per heavy atom. The van der Waals surface area contributed by atoms with E-state index >= 15 is 0 Å². The van der Waals surface area contributed by atoms with Gasteiger partial charge < -0.3 is 5.32 Å². The van der Waals surface area contributed by atoms with Crippen LogP contribution in [0.5, 0.6) is 0 Å². The summed E-state index contributed by atoms with van der Waals surface area (Å²) in [6.07, 6.45) is 1.82. The quantitative estimate of drug-likeness (QED) is 0.477. The van der Waals surface area contributed by atoms with E-state index in [4.69, 9.17) is 12.2 Å². The molecule has 0 unspecified atom stereocenters. The summed E-state index contributed by atoms with van der Waals surface area (Å²) in [6, 6.07) is 10.1. The maximum Gasteiger partial charge on any atom is 0.187 e. The van der Waals surface area contributed by atoms with Crippen molar-refractivity contribution in [3.05, 3.63) is 35.9 Å². The first-order valence-electron chi connectivity index (χ1n) is 5.29. The average Bonchev–Trinajstić information content (AvgIpc) is 2.27. The highest BCUT2D eigenvalue weighted by molar-refractivity contribution is 7.80. The van der Waals surface area contributed by atoms with Gasteiger partial charge in [-0.15, -0.1) is 0 Å². The summed E-state index contributed by atoms with van der Waals surface area (Å²) in [5.74, 6) is 0.421. The second-order valence-electron chi connectivity index (χ2n) is 3.80. The standard InChI is InChI=1S/C12H17N3S/c1-10(2)8-14-15-12(16)13-9-11-6-4-3-5-7-11/h3-8,10H,9H2,1-2H3,(H2,13,15,16). The third-order valence-electron chi connectivity index (χ3n) is 1.83. The highest BCUT2D eigenvalue weighted by Crippen LogP contribution is 1.96. The normalized spacial score (nSPS) is 10.7. The van der Waals surface area contributed by atoms with Gasteiger partial charge >= 0.3 is 0 Å². The summed E-state index contributed by atoms with van der Waals surface area (Å²) in [7, 11) is 0. The van der Waals surface area contributed by atoms with Gasteiger partial charge in [0.25, 0.3) is 0 Å². The number of hydrazone groups is 1. The molecule has 0 saturated heterocycles. The first kappa shape index (κ1) is 12.6. The van der Waals surface area contributed by atoms with Gasteiger partial charge in [-0.3, -0.25) is 5.43 Å². The van der Waals surface area contributed by atoms with Crippen LogP contribution < -0.4 is 10.7 Å². The largest absolute Gasteiger partial charge is 0.357 e. The van der Waals surface area contributed by atoms with E-state index < -0.39 is 0 Å². The highest BCUT2D eigenvalue weighted by atomic mass is 32.1. The van der Waals surface area contributed by atoms with Crippen LogP contribution in [0.4, 0.5) is 0 Å². The first-order valence-corrected chi connectivity index (χ1v) is 5.70. The molecule has 0 saturated carbocycles. The van der Waals surface area contributed by atoms with Gasteiger partial charge in [-0.1, -0.05) is 44.2 Å². The molecule has 1 aromatic rings. The van der Waals surface area contributed by atoms with E-state index in [-0.39, 0.29) is 0 Å². The molecule has 1 aromatic carbocycles. The van der Waals surface area contributed by atoms with E-state index in [9.17, 15) is 0 Å². The Bertz CT molecular complexity index is 347. The molecule has 4 heteroatoms. The predicted molar refractivity (Wildman–Crippen MR) is 72.3 cm³/mol. The van der Waals surface area contributed by atoms with E-state index in [1.807, 2.05) is 36.5 Å². The summed E-state index contributed by atoms with van der Waals surface area (Å²) in [5, 5.41) is 7.63. The van der Waals surface area contributed by atoms with Gasteiger partial charge in [0.05, 0.1) is 0 Å².